The fourth-order valence-electron chi connectivity index (χ4n) is 2.47. The van der Waals surface area contributed by atoms with Crippen molar-refractivity contribution in [1.82, 2.24) is 10.0 Å². The van der Waals surface area contributed by atoms with Gasteiger partial charge >= 0.3 is 0 Å². The van der Waals surface area contributed by atoms with Crippen LogP contribution in [0.3, 0.4) is 0 Å². The molecule has 1 aromatic rings. The molecule has 1 fully saturated rings. The Labute approximate surface area is 138 Å². The summed E-state index contributed by atoms with van der Waals surface area (Å²) in [7, 11) is -2.02. The van der Waals surface area contributed by atoms with Crippen LogP contribution < -0.4 is 10.0 Å². The van der Waals surface area contributed by atoms with E-state index < -0.39 is 10.0 Å². The highest BCUT2D eigenvalue weighted by molar-refractivity contribution is 9.10. The average Bonchev–Trinajstić information content (AvgIpc) is 2.89. The van der Waals surface area contributed by atoms with Crippen molar-refractivity contribution in [1.29, 1.82) is 0 Å². The molecule has 0 aliphatic carbocycles. The van der Waals surface area contributed by atoms with Crippen LogP contribution in [-0.2, 0) is 14.8 Å². The second-order valence-electron chi connectivity index (χ2n) is 5.12. The van der Waals surface area contributed by atoms with E-state index in [1.54, 1.807) is 19.2 Å². The lowest BCUT2D eigenvalue weighted by atomic mass is 9.99. The van der Waals surface area contributed by atoms with Crippen LogP contribution in [-0.4, -0.2) is 40.8 Å². The quantitative estimate of drug-likeness (QED) is 0.772. The van der Waals surface area contributed by atoms with Gasteiger partial charge in [0.15, 0.2) is 0 Å². The van der Waals surface area contributed by atoms with Crippen molar-refractivity contribution in [3.8, 4) is 0 Å². The van der Waals surface area contributed by atoms with Gasteiger partial charge in [0, 0.05) is 13.7 Å². The molecule has 2 N–H and O–H groups in total. The number of benzene rings is 1. The number of ether oxygens (including phenoxy) is 1. The maximum Gasteiger partial charge on any atom is 0.241 e. The lowest BCUT2D eigenvalue weighted by molar-refractivity contribution is 0.122. The Bertz CT molecular complexity index is 603. The van der Waals surface area contributed by atoms with Crippen molar-refractivity contribution < 1.29 is 13.2 Å². The van der Waals surface area contributed by atoms with Gasteiger partial charge < -0.3 is 10.1 Å². The largest absolute Gasteiger partial charge is 0.383 e. The van der Waals surface area contributed by atoms with Crippen LogP contribution in [0.2, 0.25) is 5.02 Å². The van der Waals surface area contributed by atoms with Gasteiger partial charge in [-0.05, 0) is 47.4 Å². The van der Waals surface area contributed by atoms with Gasteiger partial charge in [-0.1, -0.05) is 17.7 Å². The molecule has 8 heteroatoms. The molecule has 1 aromatic carbocycles. The molecule has 1 atom stereocenters. The van der Waals surface area contributed by atoms with Crippen LogP contribution in [0.5, 0.6) is 0 Å². The number of rotatable bonds is 6. The van der Waals surface area contributed by atoms with Crippen molar-refractivity contribution in [2.45, 2.75) is 23.3 Å². The summed E-state index contributed by atoms with van der Waals surface area (Å²) in [5.41, 5.74) is -0.340. The lowest BCUT2D eigenvalue weighted by Crippen LogP contribution is -2.52. The average molecular weight is 398 g/mol. The van der Waals surface area contributed by atoms with Gasteiger partial charge in [-0.2, -0.15) is 0 Å². The third kappa shape index (κ3) is 3.97. The molecule has 1 aliphatic rings. The lowest BCUT2D eigenvalue weighted by Gasteiger charge is -2.29. The highest BCUT2D eigenvalue weighted by atomic mass is 79.9. The van der Waals surface area contributed by atoms with E-state index in [0.717, 1.165) is 19.4 Å². The predicted molar refractivity (Wildman–Crippen MR) is 86.2 cm³/mol. The standard InChI is InChI=1S/C13H18BrClN2O3S/c1-20-9-13(6-3-7-16-13)8-17-21(18,19)11-5-2-4-10(15)12(11)14/h2,4-5,16-17H,3,6-9H2,1H3. The first-order valence-electron chi connectivity index (χ1n) is 6.58. The molecule has 0 spiro atoms. The van der Waals surface area contributed by atoms with Crippen molar-refractivity contribution >= 4 is 37.6 Å². The molecule has 1 aliphatic heterocycles. The molecule has 118 valence electrons. The summed E-state index contributed by atoms with van der Waals surface area (Å²) < 4.78 is 33.1. The first kappa shape index (κ1) is 17.2. The van der Waals surface area contributed by atoms with E-state index in [4.69, 9.17) is 16.3 Å². The number of hydrogen-bond acceptors (Lipinski definition) is 4. The first-order chi connectivity index (χ1) is 9.90. The summed E-state index contributed by atoms with van der Waals surface area (Å²) in [6.07, 6.45) is 1.88. The number of halogens is 2. The fraction of sp³-hybridized carbons (Fsp3) is 0.538. The van der Waals surface area contributed by atoms with E-state index in [1.165, 1.54) is 6.07 Å². The number of methoxy groups -OCH3 is 1. The Hall–Kier alpha value is -0.180. The van der Waals surface area contributed by atoms with Crippen LogP contribution >= 0.6 is 27.5 Å². The molecule has 1 saturated heterocycles. The minimum absolute atomic E-state index is 0.139. The Morgan fingerprint density at radius 2 is 2.29 bits per heavy atom. The summed E-state index contributed by atoms with van der Waals surface area (Å²) >= 11 is 9.18. The second-order valence-corrected chi connectivity index (χ2v) is 8.06. The minimum atomic E-state index is -3.63. The Morgan fingerprint density at radius 3 is 2.90 bits per heavy atom. The van der Waals surface area contributed by atoms with Crippen LogP contribution in [0.4, 0.5) is 0 Å². The SMILES string of the molecule is COCC1(CNS(=O)(=O)c2cccc(Cl)c2Br)CCCN1. The third-order valence-corrected chi connectivity index (χ3v) is 6.66. The van der Waals surface area contributed by atoms with E-state index in [9.17, 15) is 8.42 Å². The van der Waals surface area contributed by atoms with Crippen molar-refractivity contribution in [3.63, 3.8) is 0 Å². The molecule has 1 unspecified atom stereocenters. The summed E-state index contributed by atoms with van der Waals surface area (Å²) in [6.45, 7) is 1.61. The third-order valence-electron chi connectivity index (χ3n) is 3.56. The van der Waals surface area contributed by atoms with E-state index in [1.807, 2.05) is 0 Å². The molecular weight excluding hydrogens is 380 g/mol. The number of sulfonamides is 1. The summed E-state index contributed by atoms with van der Waals surface area (Å²) in [5, 5.41) is 3.70. The number of hydrogen-bond donors (Lipinski definition) is 2. The smallest absolute Gasteiger partial charge is 0.241 e. The molecule has 0 bridgehead atoms. The Balaban J connectivity index is 2.16. The molecular formula is C13H18BrClN2O3S. The zero-order chi connectivity index (χ0) is 15.5. The maximum absolute atomic E-state index is 12.4. The van der Waals surface area contributed by atoms with Gasteiger partial charge in [-0.3, -0.25) is 0 Å². The van der Waals surface area contributed by atoms with E-state index in [2.05, 4.69) is 26.0 Å². The van der Waals surface area contributed by atoms with Crippen molar-refractivity contribution in [2.75, 3.05) is 26.8 Å². The fourth-order valence-corrected chi connectivity index (χ4v) is 4.83. The summed E-state index contributed by atoms with van der Waals surface area (Å²) in [5.74, 6) is 0. The van der Waals surface area contributed by atoms with Gasteiger partial charge in [0.1, 0.15) is 0 Å². The summed E-state index contributed by atoms with van der Waals surface area (Å²) in [4.78, 5) is 0.139. The molecule has 1 heterocycles. The zero-order valence-electron chi connectivity index (χ0n) is 11.7. The molecule has 21 heavy (non-hydrogen) atoms. The first-order valence-corrected chi connectivity index (χ1v) is 9.23. The molecule has 0 amide bonds. The molecule has 0 radical (unpaired) electrons. The number of nitrogens with one attached hydrogen (secondary N) is 2. The summed E-state index contributed by atoms with van der Waals surface area (Å²) in [6, 6.07) is 4.76. The molecule has 0 saturated carbocycles. The molecule has 2 rings (SSSR count). The predicted octanol–water partition coefficient (Wildman–Crippen LogP) is 2.15. The highest BCUT2D eigenvalue weighted by Gasteiger charge is 2.35. The van der Waals surface area contributed by atoms with Crippen molar-refractivity contribution in [3.05, 3.63) is 27.7 Å². The van der Waals surface area contributed by atoms with Crippen LogP contribution in [0.1, 0.15) is 12.8 Å². The van der Waals surface area contributed by atoms with E-state index >= 15 is 0 Å². The van der Waals surface area contributed by atoms with Gasteiger partial charge in [-0.15, -0.1) is 0 Å². The Morgan fingerprint density at radius 1 is 1.52 bits per heavy atom. The van der Waals surface area contributed by atoms with Gasteiger partial charge in [0.2, 0.25) is 10.0 Å². The monoisotopic (exact) mass is 396 g/mol. The van der Waals surface area contributed by atoms with E-state index in [-0.39, 0.29) is 17.0 Å². The minimum Gasteiger partial charge on any atom is -0.383 e. The van der Waals surface area contributed by atoms with Gasteiger partial charge in [-0.25, -0.2) is 13.1 Å². The second kappa shape index (κ2) is 6.93. The van der Waals surface area contributed by atoms with Crippen molar-refractivity contribution in [2.24, 2.45) is 0 Å². The molecule has 5 nitrogen and oxygen atoms in total. The Kier molecular flexibility index (Phi) is 5.67. The van der Waals surface area contributed by atoms with E-state index in [0.29, 0.717) is 16.1 Å². The maximum atomic E-state index is 12.4. The highest BCUT2D eigenvalue weighted by Crippen LogP contribution is 2.29. The normalized spacial score (nSPS) is 22.6. The van der Waals surface area contributed by atoms with Gasteiger partial charge in [0.25, 0.3) is 0 Å². The van der Waals surface area contributed by atoms with Crippen LogP contribution in [0, 0.1) is 0 Å². The van der Waals surface area contributed by atoms with Gasteiger partial charge in [0.05, 0.1) is 26.5 Å². The molecule has 0 aromatic heterocycles. The van der Waals surface area contributed by atoms with Crippen LogP contribution in [0.25, 0.3) is 0 Å². The topological polar surface area (TPSA) is 67.4 Å². The van der Waals surface area contributed by atoms with Crippen LogP contribution in [0.15, 0.2) is 27.6 Å². The zero-order valence-corrected chi connectivity index (χ0v) is 14.8.